The fourth-order valence-electron chi connectivity index (χ4n) is 0.266. The molecular formula is C8H9. The molecule has 0 amide bonds. The summed E-state index contributed by atoms with van der Waals surface area (Å²) in [7, 11) is 0. The Bertz CT molecular complexity index is 130. The topological polar surface area (TPSA) is 0 Å². The van der Waals surface area contributed by atoms with Crippen LogP contribution in [0.25, 0.3) is 0 Å². The van der Waals surface area contributed by atoms with Gasteiger partial charge in [-0.2, -0.15) is 0 Å². The lowest BCUT2D eigenvalue weighted by Gasteiger charge is -1.69. The van der Waals surface area contributed by atoms with E-state index in [4.69, 9.17) is 0 Å². The average Bonchev–Trinajstić information content (AvgIpc) is 1.81. The van der Waals surface area contributed by atoms with Gasteiger partial charge < -0.3 is 0 Å². The Labute approximate surface area is 50.9 Å². The highest BCUT2D eigenvalue weighted by Crippen LogP contribution is 1.76. The molecular weight excluding hydrogens is 96.1 g/mol. The Morgan fingerprint density at radius 1 is 1.38 bits per heavy atom. The highest BCUT2D eigenvalue weighted by atomic mass is 13.7. The van der Waals surface area contributed by atoms with Gasteiger partial charge in [-0.3, -0.25) is 0 Å². The van der Waals surface area contributed by atoms with Crippen molar-refractivity contribution in [1.29, 1.82) is 0 Å². The molecule has 0 aromatic heterocycles. The number of allylic oxidation sites excluding steroid dienone is 3. The molecule has 0 saturated carbocycles. The fourth-order valence-corrected chi connectivity index (χ4v) is 0.266. The van der Waals surface area contributed by atoms with Crippen molar-refractivity contribution >= 4 is 0 Å². The van der Waals surface area contributed by atoms with Gasteiger partial charge in [0.2, 0.25) is 0 Å². The Hall–Kier alpha value is -0.960. The number of rotatable bonds is 2. The van der Waals surface area contributed by atoms with Gasteiger partial charge in [-0.05, 0) is 6.92 Å². The molecule has 1 radical (unpaired) electrons. The monoisotopic (exact) mass is 105 g/mol. The van der Waals surface area contributed by atoms with Gasteiger partial charge in [0.25, 0.3) is 0 Å². The third-order valence-corrected chi connectivity index (χ3v) is 0.571. The van der Waals surface area contributed by atoms with Crippen LogP contribution in [0.2, 0.25) is 0 Å². The van der Waals surface area contributed by atoms with Gasteiger partial charge in [0.15, 0.2) is 0 Å². The average molecular weight is 105 g/mol. The van der Waals surface area contributed by atoms with E-state index in [1.54, 1.807) is 19.4 Å². The first-order valence-electron chi connectivity index (χ1n) is 2.45. The highest BCUT2D eigenvalue weighted by Gasteiger charge is 1.62. The Balaban J connectivity index is 3.25. The molecule has 0 aromatic rings. The summed E-state index contributed by atoms with van der Waals surface area (Å²) >= 11 is 0. The highest BCUT2D eigenvalue weighted by molar-refractivity contribution is 5.19. The van der Waals surface area contributed by atoms with E-state index in [1.165, 1.54) is 0 Å². The first kappa shape index (κ1) is 7.04. The maximum Gasteiger partial charge on any atom is 0.0558 e. The third kappa shape index (κ3) is 5.04. The number of hydrogen-bond acceptors (Lipinski definition) is 0. The van der Waals surface area contributed by atoms with E-state index in [2.05, 4.69) is 18.4 Å². The predicted molar refractivity (Wildman–Crippen MR) is 37.1 cm³/mol. The van der Waals surface area contributed by atoms with E-state index < -0.39 is 0 Å². The first-order valence-corrected chi connectivity index (χ1v) is 2.45. The van der Waals surface area contributed by atoms with Crippen LogP contribution in [0.5, 0.6) is 0 Å². The summed E-state index contributed by atoms with van der Waals surface area (Å²) in [6.07, 6.45) is 7.18. The number of hydrogen-bond donors (Lipinski definition) is 0. The maximum absolute atomic E-state index is 3.50. The zero-order valence-electron chi connectivity index (χ0n) is 5.02. The van der Waals surface area contributed by atoms with Crippen molar-refractivity contribution in [2.24, 2.45) is 0 Å². The molecule has 0 spiro atoms. The van der Waals surface area contributed by atoms with Crippen LogP contribution >= 0.6 is 0 Å². The van der Waals surface area contributed by atoms with Crippen LogP contribution in [0.1, 0.15) is 6.92 Å². The second-order valence-corrected chi connectivity index (χ2v) is 1.18. The van der Waals surface area contributed by atoms with Crippen molar-refractivity contribution in [1.82, 2.24) is 0 Å². The zero-order valence-corrected chi connectivity index (χ0v) is 5.02. The maximum atomic E-state index is 3.50. The largest absolute Gasteiger partial charge is 0.106 e. The van der Waals surface area contributed by atoms with Gasteiger partial charge in [0.1, 0.15) is 0 Å². The Morgan fingerprint density at radius 3 is 2.62 bits per heavy atom. The molecule has 0 rings (SSSR count). The molecule has 41 valence electrons. The SMILES string of the molecule is C=CC=C[CH]C#CC. The van der Waals surface area contributed by atoms with Crippen LogP contribution in [0.3, 0.4) is 0 Å². The molecule has 0 bridgehead atoms. The van der Waals surface area contributed by atoms with Crippen molar-refractivity contribution in [3.05, 3.63) is 31.2 Å². The summed E-state index contributed by atoms with van der Waals surface area (Å²) in [5.74, 6) is 5.51. The second kappa shape index (κ2) is 6.04. The van der Waals surface area contributed by atoms with Crippen LogP contribution < -0.4 is 0 Å². The van der Waals surface area contributed by atoms with Gasteiger partial charge in [-0.25, -0.2) is 0 Å². The van der Waals surface area contributed by atoms with Crippen molar-refractivity contribution in [3.8, 4) is 11.8 Å². The van der Waals surface area contributed by atoms with Crippen molar-refractivity contribution < 1.29 is 0 Å². The Morgan fingerprint density at radius 2 is 2.12 bits per heavy atom. The quantitative estimate of drug-likeness (QED) is 0.372. The third-order valence-electron chi connectivity index (χ3n) is 0.571. The van der Waals surface area contributed by atoms with E-state index in [-0.39, 0.29) is 0 Å². The summed E-state index contributed by atoms with van der Waals surface area (Å²) in [5, 5.41) is 0. The smallest absolute Gasteiger partial charge is 0.0558 e. The standard InChI is InChI=1S/C8H9/c1-3-5-7-8-6-4-2/h3,5,7-8H,1H2,2H3. The van der Waals surface area contributed by atoms with Gasteiger partial charge in [0.05, 0.1) is 6.42 Å². The van der Waals surface area contributed by atoms with E-state index in [0.717, 1.165) is 0 Å². The molecule has 8 heavy (non-hydrogen) atoms. The Kier molecular flexibility index (Phi) is 5.32. The summed E-state index contributed by atoms with van der Waals surface area (Å²) < 4.78 is 0. The van der Waals surface area contributed by atoms with Crippen molar-refractivity contribution in [2.45, 2.75) is 6.92 Å². The molecule has 0 atom stereocenters. The second-order valence-electron chi connectivity index (χ2n) is 1.18. The van der Waals surface area contributed by atoms with Crippen molar-refractivity contribution in [2.75, 3.05) is 0 Å². The lowest BCUT2D eigenvalue weighted by molar-refractivity contribution is 1.80. The summed E-state index contributed by atoms with van der Waals surface area (Å²) in [6, 6.07) is 0. The van der Waals surface area contributed by atoms with Gasteiger partial charge in [-0.1, -0.05) is 30.7 Å². The summed E-state index contributed by atoms with van der Waals surface area (Å²) in [4.78, 5) is 0. The van der Waals surface area contributed by atoms with Crippen LogP contribution in [0, 0.1) is 18.3 Å². The molecule has 0 nitrogen and oxygen atoms in total. The normalized spacial score (nSPS) is 8.12. The minimum absolute atomic E-state index is 1.72. The van der Waals surface area contributed by atoms with Crippen LogP contribution in [-0.4, -0.2) is 0 Å². The molecule has 0 aliphatic carbocycles. The fraction of sp³-hybridized carbons (Fsp3) is 0.125. The molecule has 0 N–H and O–H groups in total. The van der Waals surface area contributed by atoms with E-state index >= 15 is 0 Å². The molecule has 0 aromatic carbocycles. The molecule has 0 unspecified atom stereocenters. The van der Waals surface area contributed by atoms with Gasteiger partial charge in [0, 0.05) is 0 Å². The van der Waals surface area contributed by atoms with Crippen LogP contribution in [0.4, 0.5) is 0 Å². The summed E-state index contributed by atoms with van der Waals surface area (Å²) in [6.45, 7) is 5.31. The zero-order chi connectivity index (χ0) is 6.24. The summed E-state index contributed by atoms with van der Waals surface area (Å²) in [5.41, 5.74) is 0. The van der Waals surface area contributed by atoms with E-state index in [0.29, 0.717) is 0 Å². The minimum Gasteiger partial charge on any atom is -0.106 e. The van der Waals surface area contributed by atoms with Crippen LogP contribution in [-0.2, 0) is 0 Å². The molecule has 0 aliphatic rings. The van der Waals surface area contributed by atoms with Crippen LogP contribution in [0.15, 0.2) is 24.8 Å². The van der Waals surface area contributed by atoms with Gasteiger partial charge >= 0.3 is 0 Å². The predicted octanol–water partition coefficient (Wildman–Crippen LogP) is 1.96. The molecule has 0 saturated heterocycles. The molecule has 0 heterocycles. The van der Waals surface area contributed by atoms with E-state index in [1.807, 2.05) is 12.2 Å². The molecule has 0 fully saturated rings. The van der Waals surface area contributed by atoms with Crippen molar-refractivity contribution in [3.63, 3.8) is 0 Å². The minimum atomic E-state index is 1.72. The first-order chi connectivity index (χ1) is 3.91. The lowest BCUT2D eigenvalue weighted by atomic mass is 10.4. The molecule has 0 heteroatoms. The lowest BCUT2D eigenvalue weighted by Crippen LogP contribution is -1.56. The van der Waals surface area contributed by atoms with Gasteiger partial charge in [-0.15, -0.1) is 5.92 Å². The van der Waals surface area contributed by atoms with E-state index in [9.17, 15) is 0 Å². The molecule has 0 aliphatic heterocycles.